The number of benzene rings is 2. The number of aromatic nitrogens is 1. The number of nitrogens with zero attached hydrogens (tertiary/aromatic N) is 2. The highest BCUT2D eigenvalue weighted by Crippen LogP contribution is 2.20. The Bertz CT molecular complexity index is 1220. The first-order chi connectivity index (χ1) is 15.8. The van der Waals surface area contributed by atoms with Gasteiger partial charge in [0.1, 0.15) is 0 Å². The molecule has 0 bridgehead atoms. The van der Waals surface area contributed by atoms with E-state index in [1.165, 1.54) is 30.9 Å². The second-order valence-corrected chi connectivity index (χ2v) is 10.00. The minimum atomic E-state index is -3.84. The summed E-state index contributed by atoms with van der Waals surface area (Å²) in [6.45, 7) is -0.122. The lowest BCUT2D eigenvalue weighted by atomic mass is 10.1. The molecule has 3 aromatic rings. The lowest BCUT2D eigenvalue weighted by Crippen LogP contribution is -2.35. The third kappa shape index (κ3) is 6.41. The van der Waals surface area contributed by atoms with Gasteiger partial charge in [0.2, 0.25) is 15.9 Å². The number of carbonyl (C=O) groups excluding carboxylic acids is 2. The molecule has 0 aliphatic carbocycles. The molecule has 0 saturated heterocycles. The summed E-state index contributed by atoms with van der Waals surface area (Å²) in [5.41, 5.74) is 1.40. The van der Waals surface area contributed by atoms with Crippen LogP contribution in [0.15, 0.2) is 82.8 Å². The van der Waals surface area contributed by atoms with Crippen LogP contribution in [0.5, 0.6) is 0 Å². The molecule has 10 heteroatoms. The van der Waals surface area contributed by atoms with Crippen LogP contribution in [0.1, 0.15) is 15.9 Å². The Balaban J connectivity index is 1.65. The lowest BCUT2D eigenvalue weighted by molar-refractivity contribution is -0.116. The van der Waals surface area contributed by atoms with Crippen LogP contribution in [0.25, 0.3) is 0 Å². The van der Waals surface area contributed by atoms with Crippen LogP contribution in [-0.4, -0.2) is 49.4 Å². The molecule has 2 N–H and O–H groups in total. The molecule has 0 aliphatic rings. The molecule has 0 fully saturated rings. The maximum absolute atomic E-state index is 12.8. The summed E-state index contributed by atoms with van der Waals surface area (Å²) < 4.78 is 26.5. The van der Waals surface area contributed by atoms with E-state index < -0.39 is 22.5 Å². The molecule has 0 saturated carbocycles. The first-order valence-corrected chi connectivity index (χ1v) is 12.6. The molecule has 0 unspecified atom stereocenters. The van der Waals surface area contributed by atoms with E-state index >= 15 is 0 Å². The van der Waals surface area contributed by atoms with Gasteiger partial charge in [-0.2, -0.15) is 4.31 Å². The molecule has 172 valence electrons. The van der Waals surface area contributed by atoms with Crippen LogP contribution < -0.4 is 10.6 Å². The smallest absolute Gasteiger partial charge is 0.253 e. The van der Waals surface area contributed by atoms with Gasteiger partial charge < -0.3 is 10.6 Å². The monoisotopic (exact) mass is 484 g/mol. The molecule has 2 aromatic carbocycles. The predicted octanol–water partition coefficient (Wildman–Crippen LogP) is 2.99. The zero-order valence-corrected chi connectivity index (χ0v) is 19.8. The predicted molar refractivity (Wildman–Crippen MR) is 129 cm³/mol. The summed E-state index contributed by atoms with van der Waals surface area (Å²) in [4.78, 5) is 30.3. The second-order valence-electron chi connectivity index (χ2n) is 7.07. The van der Waals surface area contributed by atoms with Gasteiger partial charge in [-0.1, -0.05) is 18.2 Å². The molecule has 8 nitrogen and oxygen atoms in total. The van der Waals surface area contributed by atoms with Gasteiger partial charge in [0.25, 0.3) is 5.91 Å². The van der Waals surface area contributed by atoms with Gasteiger partial charge >= 0.3 is 0 Å². The largest absolute Gasteiger partial charge is 0.348 e. The zero-order chi connectivity index (χ0) is 23.8. The van der Waals surface area contributed by atoms with E-state index in [2.05, 4.69) is 15.6 Å². The van der Waals surface area contributed by atoms with E-state index in [1.807, 2.05) is 12.3 Å². The number of anilines is 1. The van der Waals surface area contributed by atoms with Gasteiger partial charge in [0.15, 0.2) is 0 Å². The number of amides is 2. The minimum Gasteiger partial charge on any atom is -0.348 e. The topological polar surface area (TPSA) is 108 Å². The van der Waals surface area contributed by atoms with E-state index in [1.54, 1.807) is 54.9 Å². The van der Waals surface area contributed by atoms with Crippen molar-refractivity contribution < 1.29 is 18.0 Å². The van der Waals surface area contributed by atoms with Crippen LogP contribution in [0.4, 0.5) is 5.69 Å². The molecular formula is C23H24N4O4S2. The molecule has 33 heavy (non-hydrogen) atoms. The average molecular weight is 485 g/mol. The van der Waals surface area contributed by atoms with Crippen molar-refractivity contribution in [2.45, 2.75) is 16.3 Å². The summed E-state index contributed by atoms with van der Waals surface area (Å²) in [5, 5.41) is 5.43. The van der Waals surface area contributed by atoms with Crippen molar-refractivity contribution in [3.8, 4) is 0 Å². The first kappa shape index (κ1) is 24.4. The molecular weight excluding hydrogens is 460 g/mol. The highest BCUT2D eigenvalue weighted by molar-refractivity contribution is 7.98. The van der Waals surface area contributed by atoms with Gasteiger partial charge in [0, 0.05) is 30.9 Å². The van der Waals surface area contributed by atoms with Crippen molar-refractivity contribution in [2.24, 2.45) is 0 Å². The van der Waals surface area contributed by atoms with Crippen LogP contribution in [0, 0.1) is 0 Å². The molecule has 0 spiro atoms. The fourth-order valence-corrected chi connectivity index (χ4v) is 4.51. The van der Waals surface area contributed by atoms with E-state index in [0.29, 0.717) is 5.69 Å². The molecule has 1 aromatic heterocycles. The molecule has 2 amide bonds. The van der Waals surface area contributed by atoms with Crippen LogP contribution in [-0.2, 0) is 21.4 Å². The second kappa shape index (κ2) is 11.1. The van der Waals surface area contributed by atoms with Gasteiger partial charge in [-0.15, -0.1) is 11.8 Å². The highest BCUT2D eigenvalue weighted by atomic mass is 32.2. The highest BCUT2D eigenvalue weighted by Gasteiger charge is 2.23. The summed E-state index contributed by atoms with van der Waals surface area (Å²) >= 11 is 1.51. The quantitative estimate of drug-likeness (QED) is 0.452. The third-order valence-corrected chi connectivity index (χ3v) is 7.32. The van der Waals surface area contributed by atoms with Crippen LogP contribution in [0.3, 0.4) is 0 Å². The van der Waals surface area contributed by atoms with Crippen molar-refractivity contribution in [3.63, 3.8) is 0 Å². The van der Waals surface area contributed by atoms with Crippen LogP contribution in [0.2, 0.25) is 0 Å². The first-order valence-electron chi connectivity index (χ1n) is 9.97. The van der Waals surface area contributed by atoms with E-state index in [-0.39, 0.29) is 22.9 Å². The molecule has 3 rings (SSSR count). The van der Waals surface area contributed by atoms with Gasteiger partial charge in [-0.3, -0.25) is 14.6 Å². The maximum atomic E-state index is 12.8. The Morgan fingerprint density at radius 1 is 1.03 bits per heavy atom. The number of sulfonamides is 1. The van der Waals surface area contributed by atoms with Gasteiger partial charge in [0.05, 0.1) is 22.7 Å². The standard InChI is InChI=1S/C23H24N4O4S2/c1-27(33(30,31)19-11-9-18(32-2)10-12-19)16-22(28)26-21-8-4-3-7-20(21)23(29)25-15-17-6-5-13-24-14-17/h3-14H,15-16H2,1-2H3,(H,25,29)(H,26,28). The summed E-state index contributed by atoms with van der Waals surface area (Å²) in [7, 11) is -2.50. The summed E-state index contributed by atoms with van der Waals surface area (Å²) in [5.74, 6) is -0.932. The normalized spacial score (nSPS) is 11.2. The van der Waals surface area contributed by atoms with Crippen molar-refractivity contribution in [1.29, 1.82) is 0 Å². The number of nitrogens with one attached hydrogen (secondary N) is 2. The van der Waals surface area contributed by atoms with Crippen molar-refractivity contribution in [2.75, 3.05) is 25.2 Å². The number of rotatable bonds is 9. The van der Waals surface area contributed by atoms with Crippen molar-refractivity contribution >= 4 is 39.3 Å². The average Bonchev–Trinajstić information content (AvgIpc) is 2.83. The van der Waals surface area contributed by atoms with E-state index in [0.717, 1.165) is 14.8 Å². The Morgan fingerprint density at radius 3 is 2.42 bits per heavy atom. The SMILES string of the molecule is CSc1ccc(S(=O)(=O)N(C)CC(=O)Nc2ccccc2C(=O)NCc2cccnc2)cc1. The molecule has 0 aliphatic heterocycles. The number of pyridine rings is 1. The zero-order valence-electron chi connectivity index (χ0n) is 18.2. The Morgan fingerprint density at radius 2 is 1.76 bits per heavy atom. The number of para-hydroxylation sites is 1. The number of hydrogen-bond donors (Lipinski definition) is 2. The lowest BCUT2D eigenvalue weighted by Gasteiger charge is -2.18. The molecule has 0 radical (unpaired) electrons. The van der Waals surface area contributed by atoms with Gasteiger partial charge in [-0.25, -0.2) is 8.42 Å². The van der Waals surface area contributed by atoms with Gasteiger partial charge in [-0.05, 0) is 54.3 Å². The Labute approximate surface area is 197 Å². The number of likely N-dealkylation sites (N-methyl/N-ethyl adjacent to an activating group) is 1. The third-order valence-electron chi connectivity index (χ3n) is 4.76. The summed E-state index contributed by atoms with van der Waals surface area (Å²) in [6.07, 6.45) is 5.20. The number of thioether (sulfide) groups is 1. The number of carbonyl (C=O) groups is 2. The van der Waals surface area contributed by atoms with Crippen molar-refractivity contribution in [1.82, 2.24) is 14.6 Å². The Hall–Kier alpha value is -3.21. The molecule has 0 atom stereocenters. The minimum absolute atomic E-state index is 0.103. The van der Waals surface area contributed by atoms with Crippen LogP contribution >= 0.6 is 11.8 Å². The summed E-state index contributed by atoms with van der Waals surface area (Å²) in [6, 6.07) is 16.6. The maximum Gasteiger partial charge on any atom is 0.253 e. The fourth-order valence-electron chi connectivity index (χ4n) is 2.97. The van der Waals surface area contributed by atoms with E-state index in [9.17, 15) is 18.0 Å². The molecule has 1 heterocycles. The number of hydrogen-bond acceptors (Lipinski definition) is 6. The fraction of sp³-hybridized carbons (Fsp3) is 0.174. The Kier molecular flexibility index (Phi) is 8.21. The van der Waals surface area contributed by atoms with Crippen molar-refractivity contribution in [3.05, 3.63) is 84.2 Å². The van der Waals surface area contributed by atoms with E-state index in [4.69, 9.17) is 0 Å².